The Hall–Kier alpha value is -2.10. The van der Waals surface area contributed by atoms with Gasteiger partial charge < -0.3 is 9.47 Å². The molecule has 1 aromatic carbocycles. The van der Waals surface area contributed by atoms with Crippen molar-refractivity contribution in [2.45, 2.75) is 52.4 Å². The van der Waals surface area contributed by atoms with Gasteiger partial charge in [-0.15, -0.1) is 6.58 Å². The monoisotopic (exact) mass is 346 g/mol. The average Bonchev–Trinajstić information content (AvgIpc) is 2.61. The summed E-state index contributed by atoms with van der Waals surface area (Å²) < 4.78 is 10.7. The maximum Gasteiger partial charge on any atom is 0.170 e. The third-order valence-electron chi connectivity index (χ3n) is 4.43. The molecule has 0 bridgehead atoms. The number of rotatable bonds is 12. The maximum absolute atomic E-state index is 12.6. The molecule has 0 aromatic heterocycles. The lowest BCUT2D eigenvalue weighted by Gasteiger charge is -2.15. The molecule has 1 aromatic rings. The van der Waals surface area contributed by atoms with Crippen LogP contribution in [-0.4, -0.2) is 25.8 Å². The fourth-order valence-electron chi connectivity index (χ4n) is 2.96. The van der Waals surface area contributed by atoms with E-state index in [1.165, 1.54) is 7.11 Å². The first-order valence-corrected chi connectivity index (χ1v) is 8.93. The molecule has 0 saturated heterocycles. The van der Waals surface area contributed by atoms with Crippen LogP contribution in [0.4, 0.5) is 0 Å². The lowest BCUT2D eigenvalue weighted by molar-refractivity contribution is -0.122. The topological polar surface area (TPSA) is 52.6 Å². The first-order chi connectivity index (χ1) is 12.0. The van der Waals surface area contributed by atoms with E-state index >= 15 is 0 Å². The highest BCUT2D eigenvalue weighted by Gasteiger charge is 2.22. The summed E-state index contributed by atoms with van der Waals surface area (Å²) in [7, 11) is 3.10. The zero-order valence-electron chi connectivity index (χ0n) is 15.9. The molecule has 0 heterocycles. The lowest BCUT2D eigenvalue weighted by atomic mass is 9.90. The van der Waals surface area contributed by atoms with Crippen LogP contribution in [0.5, 0.6) is 11.5 Å². The van der Waals surface area contributed by atoms with Gasteiger partial charge in [-0.2, -0.15) is 0 Å². The number of ketones is 2. The summed E-state index contributed by atoms with van der Waals surface area (Å²) in [6, 6.07) is 3.42. The second kappa shape index (κ2) is 10.7. The van der Waals surface area contributed by atoms with Gasteiger partial charge in [0.25, 0.3) is 0 Å². The van der Waals surface area contributed by atoms with Crippen LogP contribution in [0.1, 0.15) is 61.9 Å². The molecule has 0 amide bonds. The second-order valence-electron chi connectivity index (χ2n) is 6.18. The van der Waals surface area contributed by atoms with Gasteiger partial charge in [0.1, 0.15) is 5.78 Å². The SMILES string of the molecule is C=CCc1cc(C(=O)CC(=O)C(CC)CCCC)cc(OC)c1OC. The van der Waals surface area contributed by atoms with E-state index in [1.807, 2.05) is 6.92 Å². The van der Waals surface area contributed by atoms with Gasteiger partial charge in [-0.05, 0) is 31.4 Å². The maximum atomic E-state index is 12.6. The number of ether oxygens (including phenoxy) is 2. The van der Waals surface area contributed by atoms with E-state index in [2.05, 4.69) is 13.5 Å². The van der Waals surface area contributed by atoms with Crippen molar-refractivity contribution < 1.29 is 19.1 Å². The Labute approximate surface area is 151 Å². The van der Waals surface area contributed by atoms with E-state index in [4.69, 9.17) is 9.47 Å². The Kier molecular flexibility index (Phi) is 8.96. The lowest BCUT2D eigenvalue weighted by Crippen LogP contribution is -2.18. The average molecular weight is 346 g/mol. The molecule has 1 rings (SSSR count). The Morgan fingerprint density at radius 1 is 1.20 bits per heavy atom. The summed E-state index contributed by atoms with van der Waals surface area (Å²) in [6.45, 7) is 7.84. The van der Waals surface area contributed by atoms with E-state index < -0.39 is 0 Å². The van der Waals surface area contributed by atoms with Crippen LogP contribution in [0.15, 0.2) is 24.8 Å². The van der Waals surface area contributed by atoms with Crippen molar-refractivity contribution in [3.63, 3.8) is 0 Å². The number of carbonyl (C=O) groups is 2. The van der Waals surface area contributed by atoms with Crippen molar-refractivity contribution in [2.24, 2.45) is 5.92 Å². The van der Waals surface area contributed by atoms with Crippen molar-refractivity contribution in [2.75, 3.05) is 14.2 Å². The summed E-state index contributed by atoms with van der Waals surface area (Å²) in [4.78, 5) is 25.1. The molecular formula is C21H30O4. The largest absolute Gasteiger partial charge is 0.493 e. The fraction of sp³-hybridized carbons (Fsp3) is 0.524. The van der Waals surface area contributed by atoms with Crippen molar-refractivity contribution in [3.8, 4) is 11.5 Å². The molecule has 138 valence electrons. The molecule has 0 radical (unpaired) electrons. The first-order valence-electron chi connectivity index (χ1n) is 8.93. The van der Waals surface area contributed by atoms with E-state index in [0.717, 1.165) is 31.2 Å². The van der Waals surface area contributed by atoms with Gasteiger partial charge in [-0.3, -0.25) is 9.59 Å². The summed E-state index contributed by atoms with van der Waals surface area (Å²) >= 11 is 0. The van der Waals surface area contributed by atoms with Gasteiger partial charge in [0.15, 0.2) is 17.3 Å². The standard InChI is InChI=1S/C21H30O4/c1-6-9-11-15(8-3)18(22)14-19(23)17-12-16(10-7-2)21(25-5)20(13-17)24-4/h7,12-13,15H,2,6,8-11,14H2,1,3-5H3. The van der Waals surface area contributed by atoms with Crippen molar-refractivity contribution in [1.29, 1.82) is 0 Å². The normalized spacial score (nSPS) is 11.7. The van der Waals surface area contributed by atoms with Gasteiger partial charge in [0, 0.05) is 17.0 Å². The number of unbranched alkanes of at least 4 members (excludes halogenated alkanes) is 1. The predicted molar refractivity (Wildman–Crippen MR) is 101 cm³/mol. The summed E-state index contributed by atoms with van der Waals surface area (Å²) in [5.41, 5.74) is 1.30. The van der Waals surface area contributed by atoms with E-state index in [-0.39, 0.29) is 23.9 Å². The number of methoxy groups -OCH3 is 2. The summed E-state index contributed by atoms with van der Waals surface area (Å²) in [5, 5.41) is 0. The zero-order chi connectivity index (χ0) is 18.8. The van der Waals surface area contributed by atoms with Crippen LogP contribution in [-0.2, 0) is 11.2 Å². The van der Waals surface area contributed by atoms with Gasteiger partial charge in [0.2, 0.25) is 0 Å². The van der Waals surface area contributed by atoms with Crippen LogP contribution >= 0.6 is 0 Å². The van der Waals surface area contributed by atoms with Gasteiger partial charge >= 0.3 is 0 Å². The van der Waals surface area contributed by atoms with Crippen LogP contribution in [0.2, 0.25) is 0 Å². The van der Waals surface area contributed by atoms with Gasteiger partial charge in [-0.25, -0.2) is 0 Å². The Bertz CT molecular complexity index is 604. The Balaban J connectivity index is 3.02. The smallest absolute Gasteiger partial charge is 0.170 e. The van der Waals surface area contributed by atoms with E-state index in [9.17, 15) is 9.59 Å². The Morgan fingerprint density at radius 3 is 2.44 bits per heavy atom. The molecule has 0 spiro atoms. The molecule has 0 aliphatic carbocycles. The fourth-order valence-corrected chi connectivity index (χ4v) is 2.96. The number of hydrogen-bond donors (Lipinski definition) is 0. The van der Waals surface area contributed by atoms with Crippen molar-refractivity contribution >= 4 is 11.6 Å². The molecule has 4 heteroatoms. The predicted octanol–water partition coefficient (Wildman–Crippen LogP) is 4.79. The molecule has 4 nitrogen and oxygen atoms in total. The van der Waals surface area contributed by atoms with Crippen LogP contribution in [0.3, 0.4) is 0 Å². The minimum Gasteiger partial charge on any atom is -0.493 e. The highest BCUT2D eigenvalue weighted by atomic mass is 16.5. The third-order valence-corrected chi connectivity index (χ3v) is 4.43. The minimum atomic E-state index is -0.175. The number of hydrogen-bond acceptors (Lipinski definition) is 4. The molecular weight excluding hydrogens is 316 g/mol. The zero-order valence-corrected chi connectivity index (χ0v) is 15.9. The van der Waals surface area contributed by atoms with Crippen LogP contribution < -0.4 is 9.47 Å². The molecule has 1 atom stereocenters. The number of carbonyl (C=O) groups excluding carboxylic acids is 2. The quantitative estimate of drug-likeness (QED) is 0.310. The third kappa shape index (κ3) is 5.73. The van der Waals surface area contributed by atoms with Crippen LogP contribution in [0, 0.1) is 5.92 Å². The summed E-state index contributed by atoms with van der Waals surface area (Å²) in [5.74, 6) is 0.916. The number of allylic oxidation sites excluding steroid dienone is 1. The number of benzene rings is 1. The highest BCUT2D eigenvalue weighted by Crippen LogP contribution is 2.33. The summed E-state index contributed by atoms with van der Waals surface area (Å²) in [6.07, 6.45) is 5.94. The number of Topliss-reactive ketones (excluding diaryl/α,β-unsaturated/α-hetero) is 2. The van der Waals surface area contributed by atoms with E-state index in [0.29, 0.717) is 23.5 Å². The second-order valence-corrected chi connectivity index (χ2v) is 6.18. The first kappa shape index (κ1) is 20.9. The molecule has 0 aliphatic heterocycles. The highest BCUT2D eigenvalue weighted by molar-refractivity contribution is 6.09. The van der Waals surface area contributed by atoms with Gasteiger partial charge in [-0.1, -0.05) is 32.8 Å². The van der Waals surface area contributed by atoms with E-state index in [1.54, 1.807) is 25.3 Å². The molecule has 0 N–H and O–H groups in total. The van der Waals surface area contributed by atoms with Crippen molar-refractivity contribution in [3.05, 3.63) is 35.9 Å². The van der Waals surface area contributed by atoms with Crippen molar-refractivity contribution in [1.82, 2.24) is 0 Å². The minimum absolute atomic E-state index is 0.0287. The van der Waals surface area contributed by atoms with Gasteiger partial charge in [0.05, 0.1) is 20.6 Å². The molecule has 0 aliphatic rings. The molecule has 0 fully saturated rings. The molecule has 0 saturated carbocycles. The Morgan fingerprint density at radius 2 is 1.92 bits per heavy atom. The molecule has 1 unspecified atom stereocenters. The van der Waals surface area contributed by atoms with Crippen LogP contribution in [0.25, 0.3) is 0 Å². The molecule has 25 heavy (non-hydrogen) atoms.